The SMILES string of the molecule is CCC1CC(C(=O)/C=C/I)C1. The van der Waals surface area contributed by atoms with E-state index in [1.807, 2.05) is 0 Å². The monoisotopic (exact) mass is 264 g/mol. The number of hydrogen-bond donors (Lipinski definition) is 0. The van der Waals surface area contributed by atoms with Crippen LogP contribution in [0.1, 0.15) is 26.2 Å². The second kappa shape index (κ2) is 4.24. The van der Waals surface area contributed by atoms with Gasteiger partial charge >= 0.3 is 0 Å². The zero-order chi connectivity index (χ0) is 8.27. The van der Waals surface area contributed by atoms with Crippen molar-refractivity contribution in [2.45, 2.75) is 26.2 Å². The van der Waals surface area contributed by atoms with Crippen LogP contribution < -0.4 is 0 Å². The standard InChI is InChI=1S/C9H13IO/c1-2-7-5-8(6-7)9(11)3-4-10/h3-4,7-8H,2,5-6H2,1H3/b4-3+. The van der Waals surface area contributed by atoms with E-state index < -0.39 is 0 Å². The molecule has 62 valence electrons. The number of allylic oxidation sites excluding steroid dienone is 1. The lowest BCUT2D eigenvalue weighted by atomic mass is 9.71. The van der Waals surface area contributed by atoms with E-state index in [9.17, 15) is 4.79 Å². The Morgan fingerprint density at radius 1 is 1.64 bits per heavy atom. The van der Waals surface area contributed by atoms with Crippen molar-refractivity contribution in [3.8, 4) is 0 Å². The molecule has 1 nitrogen and oxygen atoms in total. The van der Waals surface area contributed by atoms with Crippen molar-refractivity contribution >= 4 is 28.4 Å². The first kappa shape index (κ1) is 9.23. The van der Waals surface area contributed by atoms with Crippen LogP contribution in [-0.2, 0) is 4.79 Å². The van der Waals surface area contributed by atoms with Crippen LogP contribution in [0.3, 0.4) is 0 Å². The van der Waals surface area contributed by atoms with E-state index in [2.05, 4.69) is 29.5 Å². The first-order valence-corrected chi connectivity index (χ1v) is 5.33. The lowest BCUT2D eigenvalue weighted by Crippen LogP contribution is -2.28. The molecule has 0 unspecified atom stereocenters. The average molecular weight is 264 g/mol. The van der Waals surface area contributed by atoms with Crippen molar-refractivity contribution in [2.24, 2.45) is 11.8 Å². The highest BCUT2D eigenvalue weighted by Gasteiger charge is 2.31. The van der Waals surface area contributed by atoms with Crippen molar-refractivity contribution in [1.29, 1.82) is 0 Å². The van der Waals surface area contributed by atoms with E-state index in [-0.39, 0.29) is 0 Å². The molecule has 1 rings (SSSR count). The number of rotatable bonds is 3. The number of carbonyl (C=O) groups is 1. The topological polar surface area (TPSA) is 17.1 Å². The summed E-state index contributed by atoms with van der Waals surface area (Å²) >= 11 is 2.09. The summed E-state index contributed by atoms with van der Waals surface area (Å²) in [5.41, 5.74) is 0. The lowest BCUT2D eigenvalue weighted by molar-refractivity contribution is -0.122. The second-order valence-corrected chi connectivity index (χ2v) is 3.86. The van der Waals surface area contributed by atoms with Crippen LogP contribution in [0.5, 0.6) is 0 Å². The molecule has 2 heteroatoms. The number of carbonyl (C=O) groups excluding carboxylic acids is 1. The maximum absolute atomic E-state index is 11.2. The van der Waals surface area contributed by atoms with Crippen LogP contribution >= 0.6 is 22.6 Å². The third kappa shape index (κ3) is 2.29. The van der Waals surface area contributed by atoms with Gasteiger partial charge in [0.25, 0.3) is 0 Å². The highest BCUT2D eigenvalue weighted by Crippen LogP contribution is 2.36. The molecule has 0 saturated heterocycles. The Labute approximate surface area is 81.4 Å². The molecule has 0 N–H and O–H groups in total. The van der Waals surface area contributed by atoms with Gasteiger partial charge in [-0.25, -0.2) is 0 Å². The lowest BCUT2D eigenvalue weighted by Gasteiger charge is -2.32. The molecule has 0 aliphatic heterocycles. The molecule has 0 aromatic carbocycles. The smallest absolute Gasteiger partial charge is 0.159 e. The van der Waals surface area contributed by atoms with Crippen LogP contribution in [0.25, 0.3) is 0 Å². The Bertz CT molecular complexity index is 168. The summed E-state index contributed by atoms with van der Waals surface area (Å²) in [6, 6.07) is 0. The summed E-state index contributed by atoms with van der Waals surface area (Å²) < 4.78 is 1.80. The van der Waals surface area contributed by atoms with Gasteiger partial charge in [0, 0.05) is 5.92 Å². The zero-order valence-corrected chi connectivity index (χ0v) is 8.87. The summed E-state index contributed by atoms with van der Waals surface area (Å²) in [6.07, 6.45) is 5.17. The van der Waals surface area contributed by atoms with Crippen molar-refractivity contribution < 1.29 is 4.79 Å². The number of hydrogen-bond acceptors (Lipinski definition) is 1. The van der Waals surface area contributed by atoms with Gasteiger partial charge in [0.15, 0.2) is 5.78 Å². The van der Waals surface area contributed by atoms with Gasteiger partial charge in [-0.1, -0.05) is 35.9 Å². The van der Waals surface area contributed by atoms with E-state index >= 15 is 0 Å². The first-order valence-electron chi connectivity index (χ1n) is 4.08. The Morgan fingerprint density at radius 3 is 2.73 bits per heavy atom. The van der Waals surface area contributed by atoms with Crippen molar-refractivity contribution in [2.75, 3.05) is 0 Å². The van der Waals surface area contributed by atoms with Gasteiger partial charge in [0.1, 0.15) is 0 Å². The Kier molecular flexibility index (Phi) is 3.55. The highest BCUT2D eigenvalue weighted by molar-refractivity contribution is 14.1. The van der Waals surface area contributed by atoms with E-state index in [4.69, 9.17) is 0 Å². The second-order valence-electron chi connectivity index (χ2n) is 3.14. The van der Waals surface area contributed by atoms with Crippen molar-refractivity contribution in [3.05, 3.63) is 10.2 Å². The minimum atomic E-state index is 0.323. The minimum Gasteiger partial charge on any atom is -0.295 e. The normalized spacial score (nSPS) is 30.4. The largest absolute Gasteiger partial charge is 0.295 e. The molecule has 1 aliphatic rings. The predicted octanol–water partition coefficient (Wildman–Crippen LogP) is 2.94. The van der Waals surface area contributed by atoms with Crippen molar-refractivity contribution in [3.63, 3.8) is 0 Å². The molecule has 0 aromatic heterocycles. The predicted molar refractivity (Wildman–Crippen MR) is 54.7 cm³/mol. The molecule has 0 bridgehead atoms. The molecule has 1 saturated carbocycles. The van der Waals surface area contributed by atoms with Gasteiger partial charge < -0.3 is 0 Å². The van der Waals surface area contributed by atoms with E-state index in [0.717, 1.165) is 18.8 Å². The maximum atomic E-state index is 11.2. The van der Waals surface area contributed by atoms with Crippen LogP contribution in [0.2, 0.25) is 0 Å². The zero-order valence-electron chi connectivity index (χ0n) is 6.72. The molecule has 11 heavy (non-hydrogen) atoms. The summed E-state index contributed by atoms with van der Waals surface area (Å²) in [5.74, 6) is 1.50. The van der Waals surface area contributed by atoms with Gasteiger partial charge in [-0.3, -0.25) is 4.79 Å². The summed E-state index contributed by atoms with van der Waals surface area (Å²) in [7, 11) is 0. The molecule has 0 atom stereocenters. The quantitative estimate of drug-likeness (QED) is 0.565. The fraction of sp³-hybridized carbons (Fsp3) is 0.667. The molecule has 0 spiro atoms. The third-order valence-corrected chi connectivity index (χ3v) is 2.80. The molecule has 0 heterocycles. The third-order valence-electron chi connectivity index (χ3n) is 2.44. The fourth-order valence-electron chi connectivity index (χ4n) is 1.50. The molecule has 0 aromatic rings. The van der Waals surface area contributed by atoms with Crippen LogP contribution in [0.4, 0.5) is 0 Å². The van der Waals surface area contributed by atoms with Gasteiger partial charge in [0.2, 0.25) is 0 Å². The summed E-state index contributed by atoms with van der Waals surface area (Å²) in [4.78, 5) is 11.2. The van der Waals surface area contributed by atoms with Gasteiger partial charge in [-0.15, -0.1) is 0 Å². The summed E-state index contributed by atoms with van der Waals surface area (Å²) in [6.45, 7) is 2.19. The van der Waals surface area contributed by atoms with Crippen LogP contribution in [0.15, 0.2) is 10.2 Å². The molecular formula is C9H13IO. The van der Waals surface area contributed by atoms with Gasteiger partial charge in [0.05, 0.1) is 0 Å². The molecule has 0 radical (unpaired) electrons. The van der Waals surface area contributed by atoms with E-state index in [1.165, 1.54) is 6.42 Å². The first-order chi connectivity index (χ1) is 5.27. The van der Waals surface area contributed by atoms with Crippen LogP contribution in [0, 0.1) is 11.8 Å². The molecule has 0 amide bonds. The Morgan fingerprint density at radius 2 is 2.27 bits per heavy atom. The Balaban J connectivity index is 2.26. The van der Waals surface area contributed by atoms with E-state index in [0.29, 0.717) is 11.7 Å². The Hall–Kier alpha value is 0.140. The molecular weight excluding hydrogens is 251 g/mol. The van der Waals surface area contributed by atoms with E-state index in [1.54, 1.807) is 10.2 Å². The average Bonchev–Trinajstić information content (AvgIpc) is 1.86. The molecule has 1 aliphatic carbocycles. The number of ketones is 1. The fourth-order valence-corrected chi connectivity index (χ4v) is 1.85. The minimum absolute atomic E-state index is 0.323. The van der Waals surface area contributed by atoms with Crippen LogP contribution in [-0.4, -0.2) is 5.78 Å². The van der Waals surface area contributed by atoms with Crippen molar-refractivity contribution in [1.82, 2.24) is 0 Å². The van der Waals surface area contributed by atoms with Gasteiger partial charge in [-0.05, 0) is 28.9 Å². The molecule has 1 fully saturated rings. The highest BCUT2D eigenvalue weighted by atomic mass is 127. The maximum Gasteiger partial charge on any atom is 0.159 e. The van der Waals surface area contributed by atoms with Gasteiger partial charge in [-0.2, -0.15) is 0 Å². The number of halogens is 1. The summed E-state index contributed by atoms with van der Waals surface area (Å²) in [5, 5.41) is 0.